The maximum absolute atomic E-state index is 11.7. The van der Waals surface area contributed by atoms with Gasteiger partial charge in [-0.1, -0.05) is 15.9 Å². The lowest BCUT2D eigenvalue weighted by Crippen LogP contribution is -2.40. The molecule has 0 saturated heterocycles. The smallest absolute Gasteiger partial charge is 0.365 e. The molecule has 0 radical (unpaired) electrons. The van der Waals surface area contributed by atoms with E-state index in [9.17, 15) is 4.79 Å². The molecule has 0 heterocycles. The molecule has 4 nitrogen and oxygen atoms in total. The summed E-state index contributed by atoms with van der Waals surface area (Å²) < 4.78 is 15.9. The molecule has 0 bridgehead atoms. The van der Waals surface area contributed by atoms with Crippen LogP contribution in [0.5, 0.6) is 0 Å². The molecular weight excluding hydrogens is 372 g/mol. The Morgan fingerprint density at radius 3 is 2.00 bits per heavy atom. The Labute approximate surface area is 120 Å². The minimum absolute atomic E-state index is 0.0920. The fourth-order valence-corrected chi connectivity index (χ4v) is 4.38. The monoisotopic (exact) mass is 390 g/mol. The number of carbonyl (C=O) groups excluding carboxylic acids is 1. The van der Waals surface area contributed by atoms with E-state index >= 15 is 0 Å². The highest BCUT2D eigenvalue weighted by molar-refractivity contribution is 9.25. The van der Waals surface area contributed by atoms with Gasteiger partial charge in [0.15, 0.2) is 5.78 Å². The van der Waals surface area contributed by atoms with Gasteiger partial charge in [-0.2, -0.15) is 0 Å². The summed E-state index contributed by atoms with van der Waals surface area (Å²) in [6.45, 7) is 8.70. The molecule has 0 aliphatic heterocycles. The van der Waals surface area contributed by atoms with E-state index in [1.54, 1.807) is 0 Å². The molecule has 0 aliphatic carbocycles. The van der Waals surface area contributed by atoms with Crippen LogP contribution in [0.4, 0.5) is 0 Å². The van der Waals surface area contributed by atoms with E-state index < -0.39 is 11.7 Å². The van der Waals surface area contributed by atoms with Crippen molar-refractivity contribution >= 4 is 44.4 Å². The largest absolute Gasteiger partial charge is 0.580 e. The third kappa shape index (κ3) is 7.68. The van der Waals surface area contributed by atoms with Gasteiger partial charge in [0.2, 0.25) is 0 Å². The van der Waals surface area contributed by atoms with Crippen molar-refractivity contribution in [2.45, 2.75) is 38.4 Å². The molecule has 0 unspecified atom stereocenters. The summed E-state index contributed by atoms with van der Waals surface area (Å²) in [5, 5.41) is 0. The van der Waals surface area contributed by atoms with Crippen molar-refractivity contribution in [1.29, 1.82) is 0 Å². The first kappa shape index (κ1) is 17.7. The highest BCUT2D eigenvalue weighted by atomic mass is 79.9. The summed E-state index contributed by atoms with van der Waals surface area (Å²) in [6.07, 6.45) is 0.332. The molecule has 0 amide bonds. The van der Waals surface area contributed by atoms with E-state index in [1.807, 2.05) is 27.7 Å². The number of ketones is 1. The predicted octanol–water partition coefficient (Wildman–Crippen LogP) is 3.04. The maximum Gasteiger partial charge on any atom is 0.580 e. The highest BCUT2D eigenvalue weighted by Gasteiger charge is 2.38. The lowest BCUT2D eigenvalue weighted by atomic mass is 10.1. The topological polar surface area (TPSA) is 44.8 Å². The number of alkyl halides is 1. The van der Waals surface area contributed by atoms with E-state index in [2.05, 4.69) is 31.2 Å². The van der Waals surface area contributed by atoms with Crippen LogP contribution in [0.2, 0.25) is 0 Å². The van der Waals surface area contributed by atoms with Crippen molar-refractivity contribution in [2.75, 3.05) is 19.8 Å². The van der Waals surface area contributed by atoms with Crippen LogP contribution < -0.4 is 0 Å². The van der Waals surface area contributed by atoms with Crippen molar-refractivity contribution < 1.29 is 18.1 Å². The summed E-state index contributed by atoms with van der Waals surface area (Å²) in [5.74, 6) is 0.0920. The lowest BCUT2D eigenvalue weighted by molar-refractivity contribution is -0.121. The number of rotatable bonds is 9. The van der Waals surface area contributed by atoms with Crippen LogP contribution in [0.25, 0.3) is 0 Å². The van der Waals surface area contributed by atoms with Gasteiger partial charge < -0.3 is 13.3 Å². The minimum atomic E-state index is -2.73. The Kier molecular flexibility index (Phi) is 8.35. The molecule has 0 aromatic rings. The van der Waals surface area contributed by atoms with Gasteiger partial charge in [0.05, 0.1) is 4.32 Å². The third-order valence-corrected chi connectivity index (χ3v) is 6.22. The zero-order valence-corrected chi connectivity index (χ0v) is 14.9. The molecule has 0 spiro atoms. The zero-order chi connectivity index (χ0) is 13.5. The van der Waals surface area contributed by atoms with Crippen LogP contribution in [0.3, 0.4) is 0 Å². The summed E-state index contributed by atoms with van der Waals surface area (Å²) in [4.78, 5) is 11.7. The minimum Gasteiger partial charge on any atom is -0.365 e. The molecule has 7 heteroatoms. The number of halogens is 2. The molecule has 0 fully saturated rings. The van der Waals surface area contributed by atoms with E-state index in [0.29, 0.717) is 26.2 Å². The van der Waals surface area contributed by atoms with Crippen molar-refractivity contribution in [1.82, 2.24) is 0 Å². The molecule has 0 aromatic carbocycles. The van der Waals surface area contributed by atoms with Gasteiger partial charge in [-0.05, 0) is 43.0 Å². The first-order chi connectivity index (χ1) is 7.75. The predicted molar refractivity (Wildman–Crippen MR) is 76.5 cm³/mol. The Bertz CT molecular complexity index is 237. The first-order valence-corrected chi connectivity index (χ1v) is 10.4. The van der Waals surface area contributed by atoms with Gasteiger partial charge in [0.1, 0.15) is 0 Å². The van der Waals surface area contributed by atoms with E-state index in [0.717, 1.165) is 0 Å². The quantitative estimate of drug-likeness (QED) is 0.344. The molecule has 0 saturated carbocycles. The average molecular weight is 392 g/mol. The molecule has 0 aliphatic rings. The Morgan fingerprint density at radius 1 is 1.18 bits per heavy atom. The van der Waals surface area contributed by atoms with Crippen LogP contribution in [-0.2, 0) is 18.1 Å². The van der Waals surface area contributed by atoms with Crippen molar-refractivity contribution in [2.24, 2.45) is 0 Å². The van der Waals surface area contributed by atoms with Crippen LogP contribution in [-0.4, -0.2) is 37.4 Å². The van der Waals surface area contributed by atoms with Gasteiger partial charge in [-0.25, -0.2) is 0 Å². The van der Waals surface area contributed by atoms with Crippen molar-refractivity contribution in [3.05, 3.63) is 0 Å². The van der Waals surface area contributed by atoms with Crippen molar-refractivity contribution in [3.63, 3.8) is 0 Å². The fourth-order valence-electron chi connectivity index (χ4n) is 1.03. The summed E-state index contributed by atoms with van der Waals surface area (Å²) in [7, 11) is -2.73. The standard InChI is InChI=1S/C10H20Br2O4Si/c1-5-14-17(12,15-6-2)16-8-7-9(13)10(3,4)11/h5-8H2,1-4H3. The SMILES string of the molecule is CCO[Si](Br)(OCC)OCCC(=O)C(C)(C)Br. The Morgan fingerprint density at radius 2 is 1.65 bits per heavy atom. The van der Waals surface area contributed by atoms with E-state index in [1.165, 1.54) is 0 Å². The highest BCUT2D eigenvalue weighted by Crippen LogP contribution is 2.21. The molecule has 17 heavy (non-hydrogen) atoms. The van der Waals surface area contributed by atoms with Gasteiger partial charge in [0, 0.05) is 26.2 Å². The normalized spacial score (nSPS) is 12.8. The molecule has 0 atom stereocenters. The Hall–Kier alpha value is 0.727. The second-order valence-electron chi connectivity index (χ2n) is 3.84. The van der Waals surface area contributed by atoms with Gasteiger partial charge in [-0.3, -0.25) is 4.79 Å². The molecule has 0 rings (SSSR count). The van der Waals surface area contributed by atoms with Crippen LogP contribution in [0, 0.1) is 0 Å². The Balaban J connectivity index is 4.11. The summed E-state index contributed by atoms with van der Waals surface area (Å²) in [6, 6.07) is 0. The zero-order valence-electron chi connectivity index (χ0n) is 10.7. The summed E-state index contributed by atoms with van der Waals surface area (Å²) >= 11 is 6.67. The van der Waals surface area contributed by atoms with E-state index in [-0.39, 0.29) is 5.78 Å². The first-order valence-electron chi connectivity index (χ1n) is 5.58. The van der Waals surface area contributed by atoms with Crippen molar-refractivity contribution in [3.8, 4) is 0 Å². The third-order valence-electron chi connectivity index (χ3n) is 1.90. The second kappa shape index (κ2) is 8.01. The number of carbonyl (C=O) groups is 1. The van der Waals surface area contributed by atoms with Crippen LogP contribution >= 0.6 is 31.2 Å². The molecular formula is C10H20Br2O4Si. The van der Waals surface area contributed by atoms with Crippen LogP contribution in [0.1, 0.15) is 34.1 Å². The lowest BCUT2D eigenvalue weighted by Gasteiger charge is -2.23. The fraction of sp³-hybridized carbons (Fsp3) is 0.900. The molecule has 0 aromatic heterocycles. The molecule has 102 valence electrons. The van der Waals surface area contributed by atoms with Crippen LogP contribution in [0.15, 0.2) is 0 Å². The number of Topliss-reactive ketones (excluding diaryl/α,β-unsaturated/α-hetero) is 1. The van der Waals surface area contributed by atoms with Gasteiger partial charge >= 0.3 is 7.42 Å². The van der Waals surface area contributed by atoms with Gasteiger partial charge in [-0.15, -0.1) is 0 Å². The second-order valence-corrected chi connectivity index (χ2v) is 10.6. The summed E-state index contributed by atoms with van der Waals surface area (Å²) in [5.41, 5.74) is 0. The van der Waals surface area contributed by atoms with E-state index in [4.69, 9.17) is 13.3 Å². The number of hydrogen-bond donors (Lipinski definition) is 0. The number of hydrogen-bond acceptors (Lipinski definition) is 4. The molecule has 0 N–H and O–H groups in total. The average Bonchev–Trinajstić information content (AvgIpc) is 2.16. The maximum atomic E-state index is 11.7. The van der Waals surface area contributed by atoms with Gasteiger partial charge in [0.25, 0.3) is 0 Å².